The Bertz CT molecular complexity index is 1170. The Kier molecular flexibility index (Phi) is 50.4. The summed E-state index contributed by atoms with van der Waals surface area (Å²) in [5, 5.41) is 0. The predicted molar refractivity (Wildman–Crippen MR) is 275 cm³/mol. The number of rotatable bonds is 49. The topological polar surface area (TPSA) is 78.9 Å². The van der Waals surface area contributed by atoms with Gasteiger partial charge in [0.05, 0.1) is 0 Å². The van der Waals surface area contributed by atoms with E-state index in [0.29, 0.717) is 19.3 Å². The zero-order valence-electron chi connectivity index (χ0n) is 42.3. The molecule has 370 valence electrons. The maximum atomic E-state index is 12.8. The van der Waals surface area contributed by atoms with Crippen molar-refractivity contribution in [2.45, 2.75) is 277 Å². The zero-order valence-corrected chi connectivity index (χ0v) is 42.3. The first-order chi connectivity index (χ1) is 31.5. The van der Waals surface area contributed by atoms with Crippen LogP contribution < -0.4 is 0 Å². The number of esters is 3. The van der Waals surface area contributed by atoms with Gasteiger partial charge in [-0.05, 0) is 103 Å². The molecular weight excluding hydrogens is 793 g/mol. The van der Waals surface area contributed by atoms with Gasteiger partial charge in [-0.1, -0.05) is 210 Å². The third-order valence-electron chi connectivity index (χ3n) is 11.7. The van der Waals surface area contributed by atoms with Gasteiger partial charge in [-0.15, -0.1) is 0 Å². The molecule has 0 unspecified atom stereocenters. The lowest BCUT2D eigenvalue weighted by atomic mass is 10.1. The molecule has 0 rings (SSSR count). The quantitative estimate of drug-likeness (QED) is 0.0262. The SMILES string of the molecule is CCCC/C=C\C/C=C\CCCCCCCC(=O)OC[C@H](COC(=O)CCCCCCCCC/C=C\C/C=C\CCCCC)OC(=O)CCCCCCC/C=C\CCCCCCCC. The van der Waals surface area contributed by atoms with E-state index in [-0.39, 0.29) is 31.1 Å². The predicted octanol–water partition coefficient (Wildman–Crippen LogP) is 18.0. The molecule has 0 radical (unpaired) electrons. The molecule has 0 aromatic heterocycles. The monoisotopic (exact) mass is 895 g/mol. The van der Waals surface area contributed by atoms with Crippen molar-refractivity contribution in [1.82, 2.24) is 0 Å². The van der Waals surface area contributed by atoms with Crippen molar-refractivity contribution in [1.29, 1.82) is 0 Å². The van der Waals surface area contributed by atoms with E-state index in [0.717, 1.165) is 103 Å². The van der Waals surface area contributed by atoms with Crippen molar-refractivity contribution in [3.8, 4) is 0 Å². The second-order valence-corrected chi connectivity index (χ2v) is 18.1. The summed E-state index contributed by atoms with van der Waals surface area (Å²) in [6, 6.07) is 0. The highest BCUT2D eigenvalue weighted by Gasteiger charge is 2.19. The lowest BCUT2D eigenvalue weighted by Crippen LogP contribution is -2.30. The Hall–Kier alpha value is -2.89. The molecule has 1 atom stereocenters. The maximum Gasteiger partial charge on any atom is 0.306 e. The molecule has 0 aromatic rings. The van der Waals surface area contributed by atoms with Crippen molar-refractivity contribution in [3.63, 3.8) is 0 Å². The summed E-state index contributed by atoms with van der Waals surface area (Å²) < 4.78 is 16.8. The first-order valence-electron chi connectivity index (χ1n) is 27.3. The molecule has 0 saturated heterocycles. The average Bonchev–Trinajstić information content (AvgIpc) is 3.29. The summed E-state index contributed by atoms with van der Waals surface area (Å²) in [7, 11) is 0. The number of carbonyl (C=O) groups is 3. The summed E-state index contributed by atoms with van der Waals surface area (Å²) in [4.78, 5) is 38.1. The highest BCUT2D eigenvalue weighted by molar-refractivity contribution is 5.71. The minimum Gasteiger partial charge on any atom is -0.462 e. The number of hydrogen-bond donors (Lipinski definition) is 0. The lowest BCUT2D eigenvalue weighted by molar-refractivity contribution is -0.167. The van der Waals surface area contributed by atoms with Crippen molar-refractivity contribution < 1.29 is 28.6 Å². The largest absolute Gasteiger partial charge is 0.462 e. The number of allylic oxidation sites excluding steroid dienone is 10. The van der Waals surface area contributed by atoms with Crippen LogP contribution in [0.25, 0.3) is 0 Å². The average molecular weight is 895 g/mol. The number of ether oxygens (including phenoxy) is 3. The fourth-order valence-corrected chi connectivity index (χ4v) is 7.54. The van der Waals surface area contributed by atoms with E-state index < -0.39 is 6.10 Å². The van der Waals surface area contributed by atoms with E-state index in [2.05, 4.69) is 81.5 Å². The summed E-state index contributed by atoms with van der Waals surface area (Å²) in [6.07, 6.45) is 64.8. The smallest absolute Gasteiger partial charge is 0.306 e. The molecule has 0 saturated carbocycles. The van der Waals surface area contributed by atoms with E-state index in [9.17, 15) is 14.4 Å². The summed E-state index contributed by atoms with van der Waals surface area (Å²) in [5.74, 6) is -0.909. The van der Waals surface area contributed by atoms with Gasteiger partial charge < -0.3 is 14.2 Å². The Morgan fingerprint density at radius 1 is 0.312 bits per heavy atom. The number of carbonyl (C=O) groups excluding carboxylic acids is 3. The van der Waals surface area contributed by atoms with E-state index >= 15 is 0 Å². The normalized spacial score (nSPS) is 12.5. The van der Waals surface area contributed by atoms with Crippen LogP contribution in [0.3, 0.4) is 0 Å². The minimum absolute atomic E-state index is 0.0858. The molecule has 0 heterocycles. The zero-order chi connectivity index (χ0) is 46.5. The molecule has 0 amide bonds. The van der Waals surface area contributed by atoms with E-state index in [1.807, 2.05) is 0 Å². The van der Waals surface area contributed by atoms with Gasteiger partial charge in [0.1, 0.15) is 13.2 Å². The summed E-state index contributed by atoms with van der Waals surface area (Å²) >= 11 is 0. The summed E-state index contributed by atoms with van der Waals surface area (Å²) in [5.41, 5.74) is 0. The molecule has 0 N–H and O–H groups in total. The van der Waals surface area contributed by atoms with E-state index in [1.165, 1.54) is 128 Å². The summed E-state index contributed by atoms with van der Waals surface area (Å²) in [6.45, 7) is 6.56. The highest BCUT2D eigenvalue weighted by Crippen LogP contribution is 2.14. The number of hydrogen-bond acceptors (Lipinski definition) is 6. The van der Waals surface area contributed by atoms with Gasteiger partial charge in [0, 0.05) is 19.3 Å². The molecule has 0 bridgehead atoms. The Morgan fingerprint density at radius 2 is 0.578 bits per heavy atom. The Labute approximate surface area is 396 Å². The van der Waals surface area contributed by atoms with Gasteiger partial charge in [0.2, 0.25) is 0 Å². The van der Waals surface area contributed by atoms with Crippen LogP contribution in [-0.2, 0) is 28.6 Å². The molecule has 0 fully saturated rings. The van der Waals surface area contributed by atoms with Gasteiger partial charge in [-0.2, -0.15) is 0 Å². The third-order valence-corrected chi connectivity index (χ3v) is 11.7. The molecule has 0 aliphatic heterocycles. The van der Waals surface area contributed by atoms with Crippen LogP contribution in [0.2, 0.25) is 0 Å². The molecule has 0 aliphatic carbocycles. The van der Waals surface area contributed by atoms with Crippen molar-refractivity contribution in [2.24, 2.45) is 0 Å². The third kappa shape index (κ3) is 50.1. The first-order valence-corrected chi connectivity index (χ1v) is 27.3. The molecular formula is C58H102O6. The van der Waals surface area contributed by atoms with Gasteiger partial charge in [-0.3, -0.25) is 14.4 Å². The van der Waals surface area contributed by atoms with Crippen molar-refractivity contribution in [2.75, 3.05) is 13.2 Å². The maximum absolute atomic E-state index is 12.8. The van der Waals surface area contributed by atoms with Crippen LogP contribution in [0, 0.1) is 0 Å². The first kappa shape index (κ1) is 61.1. The Morgan fingerprint density at radius 3 is 0.953 bits per heavy atom. The number of unbranched alkanes of at least 4 members (excludes halogenated alkanes) is 28. The van der Waals surface area contributed by atoms with E-state index in [4.69, 9.17) is 14.2 Å². The molecule has 0 aliphatic rings. The molecule has 6 nitrogen and oxygen atoms in total. The molecule has 64 heavy (non-hydrogen) atoms. The van der Waals surface area contributed by atoms with Crippen LogP contribution in [0.4, 0.5) is 0 Å². The Balaban J connectivity index is 4.41. The molecule has 0 spiro atoms. The van der Waals surface area contributed by atoms with Crippen LogP contribution in [-0.4, -0.2) is 37.2 Å². The minimum atomic E-state index is -0.787. The highest BCUT2D eigenvalue weighted by atomic mass is 16.6. The van der Waals surface area contributed by atoms with Crippen LogP contribution in [0.1, 0.15) is 271 Å². The van der Waals surface area contributed by atoms with Gasteiger partial charge in [0.15, 0.2) is 6.10 Å². The van der Waals surface area contributed by atoms with Gasteiger partial charge in [-0.25, -0.2) is 0 Å². The standard InChI is InChI=1S/C58H102O6/c1-4-7-10-13-16-19-22-25-28-29-31-33-36-39-42-45-48-51-57(60)63-54-55(53-62-56(59)50-47-44-41-38-35-32-27-24-21-18-15-12-9-6-3)64-58(61)52-49-46-43-40-37-34-30-26-23-20-17-14-11-8-5-2/h15-16,18-19,24-28,30,55H,4-14,17,20-23,29,31-54H2,1-3H3/b18-15-,19-16-,27-24-,28-25-,30-26-/t55-/m1/s1. The lowest BCUT2D eigenvalue weighted by Gasteiger charge is -2.18. The van der Waals surface area contributed by atoms with Gasteiger partial charge >= 0.3 is 17.9 Å². The molecule has 6 heteroatoms. The van der Waals surface area contributed by atoms with Crippen molar-refractivity contribution >= 4 is 17.9 Å². The fraction of sp³-hybridized carbons (Fsp3) is 0.776. The van der Waals surface area contributed by atoms with Crippen LogP contribution in [0.5, 0.6) is 0 Å². The van der Waals surface area contributed by atoms with Crippen LogP contribution in [0.15, 0.2) is 60.8 Å². The van der Waals surface area contributed by atoms with Crippen molar-refractivity contribution in [3.05, 3.63) is 60.8 Å². The molecule has 0 aromatic carbocycles. The second-order valence-electron chi connectivity index (χ2n) is 18.1. The van der Waals surface area contributed by atoms with Gasteiger partial charge in [0.25, 0.3) is 0 Å². The van der Waals surface area contributed by atoms with E-state index in [1.54, 1.807) is 0 Å². The van der Waals surface area contributed by atoms with Crippen LogP contribution >= 0.6 is 0 Å². The second kappa shape index (κ2) is 52.7. The fourth-order valence-electron chi connectivity index (χ4n) is 7.54.